The van der Waals surface area contributed by atoms with Gasteiger partial charge in [-0.1, -0.05) is 48.8 Å². The summed E-state index contributed by atoms with van der Waals surface area (Å²) in [5.74, 6) is 1.35. The van der Waals surface area contributed by atoms with Crippen LogP contribution in [0, 0.1) is 22.7 Å². The summed E-state index contributed by atoms with van der Waals surface area (Å²) >= 11 is 3.63. The van der Waals surface area contributed by atoms with Crippen LogP contribution in [-0.2, 0) is 13.0 Å². The van der Waals surface area contributed by atoms with Crippen molar-refractivity contribution in [2.45, 2.75) is 33.7 Å². The van der Waals surface area contributed by atoms with Gasteiger partial charge in [0, 0.05) is 11.9 Å². The first-order valence-electron chi connectivity index (χ1n) is 6.84. The average Bonchev–Trinajstić information content (AvgIpc) is 2.72. The van der Waals surface area contributed by atoms with Crippen LogP contribution < -0.4 is 0 Å². The van der Waals surface area contributed by atoms with Crippen LogP contribution in [0.25, 0.3) is 11.0 Å². The molecule has 1 unspecified atom stereocenters. The highest BCUT2D eigenvalue weighted by atomic mass is 79.9. The summed E-state index contributed by atoms with van der Waals surface area (Å²) in [6.45, 7) is 7.64. The highest BCUT2D eigenvalue weighted by molar-refractivity contribution is 9.09. The highest BCUT2D eigenvalue weighted by Crippen LogP contribution is 2.30. The summed E-state index contributed by atoms with van der Waals surface area (Å²) in [5, 5.41) is 9.95. The lowest BCUT2D eigenvalue weighted by atomic mass is 9.82. The second-order valence-corrected chi connectivity index (χ2v) is 6.83. The molecule has 0 saturated heterocycles. The number of rotatable bonds is 4. The van der Waals surface area contributed by atoms with E-state index in [1.807, 2.05) is 18.2 Å². The number of benzene rings is 1. The maximum absolute atomic E-state index is 9.01. The molecule has 2 aromatic rings. The first-order chi connectivity index (χ1) is 9.47. The van der Waals surface area contributed by atoms with Crippen molar-refractivity contribution in [3.63, 3.8) is 0 Å². The number of imidazole rings is 1. The molecule has 0 spiro atoms. The molecule has 1 aromatic heterocycles. The molecule has 0 aliphatic carbocycles. The van der Waals surface area contributed by atoms with Gasteiger partial charge in [0.25, 0.3) is 0 Å². The van der Waals surface area contributed by atoms with Crippen LogP contribution in [-0.4, -0.2) is 14.9 Å². The summed E-state index contributed by atoms with van der Waals surface area (Å²) in [7, 11) is 0. The van der Waals surface area contributed by atoms with E-state index in [1.165, 1.54) is 0 Å². The third-order valence-corrected chi connectivity index (χ3v) is 4.57. The van der Waals surface area contributed by atoms with Gasteiger partial charge in [-0.05, 0) is 23.5 Å². The van der Waals surface area contributed by atoms with E-state index in [0.717, 1.165) is 28.7 Å². The van der Waals surface area contributed by atoms with Crippen LogP contribution >= 0.6 is 15.9 Å². The van der Waals surface area contributed by atoms with Crippen molar-refractivity contribution >= 4 is 27.0 Å². The van der Waals surface area contributed by atoms with E-state index in [1.54, 1.807) is 0 Å². The number of hydrogen-bond acceptors (Lipinski definition) is 2. The Kier molecular flexibility index (Phi) is 4.49. The summed E-state index contributed by atoms with van der Waals surface area (Å²) < 4.78 is 2.20. The third kappa shape index (κ3) is 3.04. The first kappa shape index (κ1) is 15.1. The number of fused-ring (bicyclic) bond motifs is 1. The Bertz CT molecular complexity index is 631. The lowest BCUT2D eigenvalue weighted by Gasteiger charge is -2.30. The molecule has 1 aromatic carbocycles. The molecular formula is C16H20BrN3. The Balaban J connectivity index is 2.46. The molecule has 2 rings (SSSR count). The zero-order valence-electron chi connectivity index (χ0n) is 12.2. The molecule has 0 bridgehead atoms. The van der Waals surface area contributed by atoms with Gasteiger partial charge in [0.05, 0.1) is 23.5 Å². The van der Waals surface area contributed by atoms with Gasteiger partial charge in [-0.3, -0.25) is 0 Å². The molecule has 0 amide bonds. The number of hydrogen-bond donors (Lipinski definition) is 0. The van der Waals surface area contributed by atoms with E-state index >= 15 is 0 Å². The van der Waals surface area contributed by atoms with Crippen molar-refractivity contribution < 1.29 is 0 Å². The zero-order valence-corrected chi connectivity index (χ0v) is 13.8. The SMILES string of the molecule is CC(C)(C)C(CBr)Cn1c(CC#N)nc2ccccc21. The number of alkyl halides is 1. The summed E-state index contributed by atoms with van der Waals surface area (Å²) in [5.41, 5.74) is 2.30. The van der Waals surface area contributed by atoms with E-state index in [2.05, 4.69) is 58.4 Å². The largest absolute Gasteiger partial charge is 0.327 e. The van der Waals surface area contributed by atoms with Gasteiger partial charge < -0.3 is 4.57 Å². The quantitative estimate of drug-likeness (QED) is 0.788. The van der Waals surface area contributed by atoms with Crippen LogP contribution in [0.2, 0.25) is 0 Å². The number of halogens is 1. The van der Waals surface area contributed by atoms with E-state index < -0.39 is 0 Å². The van der Waals surface area contributed by atoms with Crippen LogP contribution in [0.15, 0.2) is 24.3 Å². The lowest BCUT2D eigenvalue weighted by Crippen LogP contribution is -2.27. The maximum Gasteiger partial charge on any atom is 0.124 e. The number of nitrogens with zero attached hydrogens (tertiary/aromatic N) is 3. The normalized spacial score (nSPS) is 13.3. The van der Waals surface area contributed by atoms with Gasteiger partial charge in [-0.25, -0.2) is 4.98 Å². The number of aromatic nitrogens is 2. The third-order valence-electron chi connectivity index (χ3n) is 3.78. The van der Waals surface area contributed by atoms with Crippen molar-refractivity contribution in [2.75, 3.05) is 5.33 Å². The van der Waals surface area contributed by atoms with Gasteiger partial charge in [0.15, 0.2) is 0 Å². The molecule has 0 saturated carbocycles. The van der Waals surface area contributed by atoms with E-state index in [0.29, 0.717) is 12.3 Å². The zero-order chi connectivity index (χ0) is 14.8. The Morgan fingerprint density at radius 2 is 2.05 bits per heavy atom. The highest BCUT2D eigenvalue weighted by Gasteiger charge is 2.25. The smallest absolute Gasteiger partial charge is 0.124 e. The standard InChI is InChI=1S/C16H20BrN3/c1-16(2,3)12(10-17)11-20-14-7-5-4-6-13(14)19-15(20)8-9-18/h4-7,12H,8,10-11H2,1-3H3. The van der Waals surface area contributed by atoms with Crippen LogP contribution in [0.4, 0.5) is 0 Å². The molecule has 0 aliphatic heterocycles. The predicted molar refractivity (Wildman–Crippen MR) is 85.8 cm³/mol. The van der Waals surface area contributed by atoms with Gasteiger partial charge in [0.2, 0.25) is 0 Å². The maximum atomic E-state index is 9.01. The summed E-state index contributed by atoms with van der Waals surface area (Å²) in [6, 6.07) is 10.3. The molecule has 1 heterocycles. The molecule has 0 aliphatic rings. The molecule has 106 valence electrons. The van der Waals surface area contributed by atoms with Gasteiger partial charge in [-0.2, -0.15) is 5.26 Å². The van der Waals surface area contributed by atoms with Gasteiger partial charge in [-0.15, -0.1) is 0 Å². The van der Waals surface area contributed by atoms with Crippen molar-refractivity contribution in [3.05, 3.63) is 30.1 Å². The van der Waals surface area contributed by atoms with Crippen LogP contribution in [0.5, 0.6) is 0 Å². The minimum atomic E-state index is 0.207. The second kappa shape index (κ2) is 5.97. The van der Waals surface area contributed by atoms with Crippen molar-refractivity contribution in [1.29, 1.82) is 5.26 Å². The molecule has 20 heavy (non-hydrogen) atoms. The average molecular weight is 334 g/mol. The minimum Gasteiger partial charge on any atom is -0.327 e. The number of para-hydroxylation sites is 2. The fraction of sp³-hybridized carbons (Fsp3) is 0.500. The number of nitriles is 1. The monoisotopic (exact) mass is 333 g/mol. The minimum absolute atomic E-state index is 0.207. The molecule has 0 fully saturated rings. The van der Waals surface area contributed by atoms with E-state index in [4.69, 9.17) is 5.26 Å². The predicted octanol–water partition coefficient (Wildman–Crippen LogP) is 4.16. The molecule has 4 heteroatoms. The van der Waals surface area contributed by atoms with Gasteiger partial charge in [0.1, 0.15) is 5.82 Å². The molecule has 1 atom stereocenters. The summed E-state index contributed by atoms with van der Waals surface area (Å²) in [6.07, 6.45) is 0.355. The molecule has 0 radical (unpaired) electrons. The molecule has 0 N–H and O–H groups in total. The van der Waals surface area contributed by atoms with Crippen molar-refractivity contribution in [2.24, 2.45) is 11.3 Å². The van der Waals surface area contributed by atoms with Gasteiger partial charge >= 0.3 is 0 Å². The fourth-order valence-corrected chi connectivity index (χ4v) is 3.49. The fourth-order valence-electron chi connectivity index (χ4n) is 2.31. The van der Waals surface area contributed by atoms with E-state index in [9.17, 15) is 0 Å². The van der Waals surface area contributed by atoms with Crippen molar-refractivity contribution in [1.82, 2.24) is 9.55 Å². The van der Waals surface area contributed by atoms with Crippen LogP contribution in [0.1, 0.15) is 26.6 Å². The van der Waals surface area contributed by atoms with Crippen molar-refractivity contribution in [3.8, 4) is 6.07 Å². The Hall–Kier alpha value is -1.34. The molecule has 3 nitrogen and oxygen atoms in total. The Labute approximate surface area is 128 Å². The second-order valence-electron chi connectivity index (χ2n) is 6.18. The Morgan fingerprint density at radius 1 is 1.35 bits per heavy atom. The molecular weight excluding hydrogens is 314 g/mol. The topological polar surface area (TPSA) is 41.6 Å². The first-order valence-corrected chi connectivity index (χ1v) is 7.96. The van der Waals surface area contributed by atoms with E-state index in [-0.39, 0.29) is 5.41 Å². The summed E-state index contributed by atoms with van der Waals surface area (Å²) in [4.78, 5) is 4.60. The lowest BCUT2D eigenvalue weighted by molar-refractivity contribution is 0.240. The van der Waals surface area contributed by atoms with Crippen LogP contribution in [0.3, 0.4) is 0 Å². The Morgan fingerprint density at radius 3 is 2.65 bits per heavy atom.